The molecule has 1 N–H and O–H groups in total. The first-order valence-corrected chi connectivity index (χ1v) is 4.96. The van der Waals surface area contributed by atoms with Gasteiger partial charge in [-0.2, -0.15) is 0 Å². The van der Waals surface area contributed by atoms with Crippen LogP contribution in [0, 0.1) is 5.82 Å². The molecule has 1 heterocycles. The summed E-state index contributed by atoms with van der Waals surface area (Å²) < 4.78 is 13.6. The fourth-order valence-corrected chi connectivity index (χ4v) is 1.81. The normalized spacial score (nSPS) is 11.0. The van der Waals surface area contributed by atoms with Crippen molar-refractivity contribution in [2.75, 3.05) is 0 Å². The average Bonchev–Trinajstić information content (AvgIpc) is 2.48. The van der Waals surface area contributed by atoms with Crippen LogP contribution in [0.4, 0.5) is 4.39 Å². The number of hydrogen-bond donors (Lipinski definition) is 1. The third-order valence-corrected chi connectivity index (χ3v) is 2.80. The molecule has 13 heavy (non-hydrogen) atoms. The summed E-state index contributed by atoms with van der Waals surface area (Å²) in [4.78, 5) is 3.05. The summed E-state index contributed by atoms with van der Waals surface area (Å²) in [5.74, 6) is -0.225. The van der Waals surface area contributed by atoms with Gasteiger partial charge in [0.25, 0.3) is 0 Å². The third-order valence-electron chi connectivity index (χ3n) is 2.19. The molecular formula is C10H9BrFN. The van der Waals surface area contributed by atoms with Crippen LogP contribution in [0.25, 0.3) is 10.9 Å². The highest BCUT2D eigenvalue weighted by molar-refractivity contribution is 9.10. The molecule has 1 aromatic carbocycles. The molecule has 0 spiro atoms. The van der Waals surface area contributed by atoms with Crippen LogP contribution >= 0.6 is 15.9 Å². The lowest BCUT2D eigenvalue weighted by Crippen LogP contribution is -1.79. The first-order chi connectivity index (χ1) is 6.22. The van der Waals surface area contributed by atoms with Crippen LogP contribution in [0.5, 0.6) is 0 Å². The maximum absolute atomic E-state index is 13.1. The van der Waals surface area contributed by atoms with Crippen LogP contribution in [-0.2, 0) is 6.42 Å². The Morgan fingerprint density at radius 1 is 1.46 bits per heavy atom. The highest BCUT2D eigenvalue weighted by Gasteiger charge is 2.06. The van der Waals surface area contributed by atoms with Gasteiger partial charge in [-0.15, -0.1) is 0 Å². The van der Waals surface area contributed by atoms with Gasteiger partial charge in [-0.1, -0.05) is 6.92 Å². The largest absolute Gasteiger partial charge is 0.361 e. The molecule has 0 atom stereocenters. The zero-order valence-electron chi connectivity index (χ0n) is 7.20. The second-order valence-electron chi connectivity index (χ2n) is 2.98. The quantitative estimate of drug-likeness (QED) is 0.785. The number of fused-ring (bicyclic) bond motifs is 1. The van der Waals surface area contributed by atoms with E-state index in [0.717, 1.165) is 17.3 Å². The molecule has 0 aliphatic rings. The van der Waals surface area contributed by atoms with Gasteiger partial charge in [0.05, 0.1) is 4.47 Å². The van der Waals surface area contributed by atoms with Gasteiger partial charge in [0.2, 0.25) is 0 Å². The number of hydrogen-bond acceptors (Lipinski definition) is 0. The lowest BCUT2D eigenvalue weighted by Gasteiger charge is -1.96. The highest BCUT2D eigenvalue weighted by Crippen LogP contribution is 2.25. The van der Waals surface area contributed by atoms with Crippen molar-refractivity contribution in [2.24, 2.45) is 0 Å². The molecule has 0 bridgehead atoms. The molecule has 0 aliphatic carbocycles. The van der Waals surface area contributed by atoms with Gasteiger partial charge in [0.1, 0.15) is 5.82 Å². The molecule has 2 aromatic rings. The summed E-state index contributed by atoms with van der Waals surface area (Å²) in [7, 11) is 0. The molecule has 0 radical (unpaired) electrons. The Hall–Kier alpha value is -0.830. The van der Waals surface area contributed by atoms with Crippen LogP contribution in [0.15, 0.2) is 22.8 Å². The van der Waals surface area contributed by atoms with Crippen LogP contribution in [-0.4, -0.2) is 4.98 Å². The number of aromatic amines is 1. The molecule has 1 nitrogen and oxygen atoms in total. The molecule has 2 rings (SSSR count). The van der Waals surface area contributed by atoms with Gasteiger partial charge in [-0.05, 0) is 40.0 Å². The Kier molecular flexibility index (Phi) is 2.12. The molecule has 1 aromatic heterocycles. The van der Waals surface area contributed by atoms with E-state index in [1.54, 1.807) is 0 Å². The monoisotopic (exact) mass is 241 g/mol. The molecule has 3 heteroatoms. The minimum absolute atomic E-state index is 0.225. The number of aryl methyl sites for hydroxylation is 1. The molecule has 0 saturated heterocycles. The summed E-state index contributed by atoms with van der Waals surface area (Å²) in [5, 5.41) is 1.09. The van der Waals surface area contributed by atoms with Gasteiger partial charge >= 0.3 is 0 Å². The van der Waals surface area contributed by atoms with E-state index in [1.165, 1.54) is 11.6 Å². The van der Waals surface area contributed by atoms with E-state index in [9.17, 15) is 4.39 Å². The zero-order chi connectivity index (χ0) is 9.42. The zero-order valence-corrected chi connectivity index (χ0v) is 8.78. The van der Waals surface area contributed by atoms with Crippen molar-refractivity contribution < 1.29 is 4.39 Å². The van der Waals surface area contributed by atoms with Crippen molar-refractivity contribution >= 4 is 26.8 Å². The second kappa shape index (κ2) is 3.14. The number of halogens is 2. The first-order valence-electron chi connectivity index (χ1n) is 4.17. The number of aromatic nitrogens is 1. The standard InChI is InChI=1S/C10H9BrFN/c1-2-6-5-13-10-4-9(12)8(11)3-7(6)10/h3-5,13H,2H2,1H3. The Morgan fingerprint density at radius 2 is 2.23 bits per heavy atom. The van der Waals surface area contributed by atoms with Crippen molar-refractivity contribution in [1.82, 2.24) is 4.98 Å². The molecule has 68 valence electrons. The van der Waals surface area contributed by atoms with E-state index in [2.05, 4.69) is 27.8 Å². The third kappa shape index (κ3) is 1.37. The highest BCUT2D eigenvalue weighted by atomic mass is 79.9. The summed E-state index contributed by atoms with van der Waals surface area (Å²) in [6.07, 6.45) is 2.88. The van der Waals surface area contributed by atoms with Crippen molar-refractivity contribution in [3.8, 4) is 0 Å². The fourth-order valence-electron chi connectivity index (χ4n) is 1.47. The summed E-state index contributed by atoms with van der Waals surface area (Å²) >= 11 is 3.18. The molecular weight excluding hydrogens is 233 g/mol. The summed E-state index contributed by atoms with van der Waals surface area (Å²) in [5.41, 5.74) is 2.08. The van der Waals surface area contributed by atoms with E-state index in [4.69, 9.17) is 0 Å². The van der Waals surface area contributed by atoms with Gasteiger partial charge in [-0.25, -0.2) is 4.39 Å². The van der Waals surface area contributed by atoms with Crippen LogP contribution in [0.3, 0.4) is 0 Å². The Labute approximate surface area is 84.1 Å². The minimum atomic E-state index is -0.225. The van der Waals surface area contributed by atoms with Crippen LogP contribution in [0.1, 0.15) is 12.5 Å². The Bertz CT molecular complexity index is 447. The maximum atomic E-state index is 13.1. The molecule has 0 unspecified atom stereocenters. The number of rotatable bonds is 1. The van der Waals surface area contributed by atoms with E-state index in [0.29, 0.717) is 4.47 Å². The fraction of sp³-hybridized carbons (Fsp3) is 0.200. The number of nitrogens with one attached hydrogen (secondary N) is 1. The van der Waals surface area contributed by atoms with Crippen LogP contribution < -0.4 is 0 Å². The van der Waals surface area contributed by atoms with Gasteiger partial charge < -0.3 is 4.98 Å². The Balaban J connectivity index is 2.77. The number of H-pyrrole nitrogens is 1. The number of benzene rings is 1. The average molecular weight is 242 g/mol. The smallest absolute Gasteiger partial charge is 0.139 e. The van der Waals surface area contributed by atoms with Crippen molar-refractivity contribution in [2.45, 2.75) is 13.3 Å². The first kappa shape index (κ1) is 8.75. The maximum Gasteiger partial charge on any atom is 0.139 e. The molecule has 0 amide bonds. The summed E-state index contributed by atoms with van der Waals surface area (Å²) in [6, 6.07) is 3.33. The molecule has 0 fully saturated rings. The van der Waals surface area contributed by atoms with Crippen molar-refractivity contribution in [1.29, 1.82) is 0 Å². The lowest BCUT2D eigenvalue weighted by molar-refractivity contribution is 0.623. The predicted molar refractivity (Wildman–Crippen MR) is 55.3 cm³/mol. The van der Waals surface area contributed by atoms with Gasteiger partial charge in [0.15, 0.2) is 0 Å². The lowest BCUT2D eigenvalue weighted by atomic mass is 10.1. The van der Waals surface area contributed by atoms with E-state index in [-0.39, 0.29) is 5.82 Å². The van der Waals surface area contributed by atoms with Crippen LogP contribution in [0.2, 0.25) is 0 Å². The van der Waals surface area contributed by atoms with Crippen molar-refractivity contribution in [3.63, 3.8) is 0 Å². The SMILES string of the molecule is CCc1c[nH]c2cc(F)c(Br)cc12. The van der Waals surface area contributed by atoms with E-state index >= 15 is 0 Å². The van der Waals surface area contributed by atoms with Crippen molar-refractivity contribution in [3.05, 3.63) is 34.2 Å². The molecule has 0 aliphatic heterocycles. The topological polar surface area (TPSA) is 15.8 Å². The molecule has 0 saturated carbocycles. The van der Waals surface area contributed by atoms with E-state index in [1.807, 2.05) is 12.3 Å². The summed E-state index contributed by atoms with van der Waals surface area (Å²) in [6.45, 7) is 2.08. The van der Waals surface area contributed by atoms with E-state index < -0.39 is 0 Å². The predicted octanol–water partition coefficient (Wildman–Crippen LogP) is 3.63. The minimum Gasteiger partial charge on any atom is -0.361 e. The van der Waals surface area contributed by atoms with Gasteiger partial charge in [0, 0.05) is 17.1 Å². The Morgan fingerprint density at radius 3 is 2.92 bits per heavy atom. The van der Waals surface area contributed by atoms with Gasteiger partial charge in [-0.3, -0.25) is 0 Å². The second-order valence-corrected chi connectivity index (χ2v) is 3.83.